The Morgan fingerprint density at radius 3 is 2.07 bits per heavy atom. The molecular weight excluding hydrogens is 197 g/mol. The van der Waals surface area contributed by atoms with Gasteiger partial charge in [0.25, 0.3) is 0 Å². The first-order valence-electron chi connectivity index (χ1n) is 4.27. The molecule has 0 amide bonds. The number of aliphatic imine (C=N–C) groups is 1. The van der Waals surface area contributed by atoms with Crippen molar-refractivity contribution >= 4 is 5.90 Å². The first kappa shape index (κ1) is 13.2. The fourth-order valence-corrected chi connectivity index (χ4v) is 0.588. The van der Waals surface area contributed by atoms with Gasteiger partial charge in [0.05, 0.1) is 6.04 Å². The maximum Gasteiger partial charge on any atom is 0.470 e. The van der Waals surface area contributed by atoms with E-state index in [0.29, 0.717) is 0 Å². The fraction of sp³-hybridized carbons (Fsp3) is 0.875. The van der Waals surface area contributed by atoms with Crippen LogP contribution in [0.25, 0.3) is 0 Å². The molecule has 0 fully saturated rings. The summed E-state index contributed by atoms with van der Waals surface area (Å²) < 4.78 is 36.7. The van der Waals surface area contributed by atoms with Crippen molar-refractivity contribution in [2.24, 2.45) is 10.9 Å². The van der Waals surface area contributed by atoms with E-state index in [1.807, 2.05) is 5.48 Å². The van der Waals surface area contributed by atoms with E-state index in [4.69, 9.17) is 0 Å². The van der Waals surface area contributed by atoms with Crippen LogP contribution in [-0.2, 0) is 4.84 Å². The zero-order valence-corrected chi connectivity index (χ0v) is 8.64. The summed E-state index contributed by atoms with van der Waals surface area (Å²) >= 11 is 0. The second kappa shape index (κ2) is 5.19. The third kappa shape index (κ3) is 4.45. The fourth-order valence-electron chi connectivity index (χ4n) is 0.588. The van der Waals surface area contributed by atoms with E-state index in [1.54, 1.807) is 20.8 Å². The first-order chi connectivity index (χ1) is 6.29. The quantitative estimate of drug-likeness (QED) is 0.441. The third-order valence-electron chi connectivity index (χ3n) is 1.73. The van der Waals surface area contributed by atoms with Gasteiger partial charge in [-0.25, -0.2) is 4.99 Å². The molecule has 0 aliphatic heterocycles. The zero-order chi connectivity index (χ0) is 11.4. The summed E-state index contributed by atoms with van der Waals surface area (Å²) in [6, 6.07) is -0.431. The Kier molecular flexibility index (Phi) is 4.90. The maximum atomic E-state index is 12.2. The molecule has 0 bridgehead atoms. The van der Waals surface area contributed by atoms with Crippen molar-refractivity contribution in [2.45, 2.75) is 33.0 Å². The van der Waals surface area contributed by atoms with Crippen LogP contribution < -0.4 is 5.48 Å². The lowest BCUT2D eigenvalue weighted by molar-refractivity contribution is -0.0844. The maximum absolute atomic E-state index is 12.2. The van der Waals surface area contributed by atoms with E-state index in [0.717, 1.165) is 0 Å². The molecule has 0 aliphatic carbocycles. The standard InChI is InChI=1S/C8H15F3N2O/c1-5(2)6(3)13-7(14-12-4)8(9,10)11/h5-6,12H,1-4H3/t6-/m1/s1. The summed E-state index contributed by atoms with van der Waals surface area (Å²) in [4.78, 5) is 7.65. The largest absolute Gasteiger partial charge is 0.470 e. The summed E-state index contributed by atoms with van der Waals surface area (Å²) in [6.45, 7) is 5.19. The van der Waals surface area contributed by atoms with Crippen LogP contribution in [0.3, 0.4) is 0 Å². The highest BCUT2D eigenvalue weighted by atomic mass is 19.4. The zero-order valence-electron chi connectivity index (χ0n) is 8.64. The Hall–Kier alpha value is -0.780. The SMILES string of the molecule is CNOC(=N[C@H](C)C(C)C)C(F)(F)F. The van der Waals surface area contributed by atoms with Crippen molar-refractivity contribution in [1.29, 1.82) is 0 Å². The highest BCUT2D eigenvalue weighted by molar-refractivity contribution is 5.81. The number of nitrogens with zero attached hydrogens (tertiary/aromatic N) is 1. The average Bonchev–Trinajstić information content (AvgIpc) is 2.01. The van der Waals surface area contributed by atoms with Gasteiger partial charge in [0.2, 0.25) is 0 Å². The van der Waals surface area contributed by atoms with Gasteiger partial charge >= 0.3 is 12.1 Å². The van der Waals surface area contributed by atoms with Gasteiger partial charge in [0, 0.05) is 7.05 Å². The molecule has 0 aromatic rings. The molecule has 1 atom stereocenters. The van der Waals surface area contributed by atoms with E-state index in [-0.39, 0.29) is 5.92 Å². The third-order valence-corrected chi connectivity index (χ3v) is 1.73. The predicted molar refractivity (Wildman–Crippen MR) is 47.9 cm³/mol. The predicted octanol–water partition coefficient (Wildman–Crippen LogP) is 2.14. The number of alkyl halides is 3. The van der Waals surface area contributed by atoms with Gasteiger partial charge in [0.1, 0.15) is 0 Å². The summed E-state index contributed by atoms with van der Waals surface area (Å²) in [5.41, 5.74) is 1.97. The Morgan fingerprint density at radius 1 is 1.29 bits per heavy atom. The molecule has 14 heavy (non-hydrogen) atoms. The molecule has 0 heterocycles. The van der Waals surface area contributed by atoms with Crippen molar-refractivity contribution < 1.29 is 18.0 Å². The minimum absolute atomic E-state index is 0.0350. The number of rotatable bonds is 3. The number of nitrogens with one attached hydrogen (secondary N) is 1. The normalized spacial score (nSPS) is 15.9. The average molecular weight is 212 g/mol. The van der Waals surface area contributed by atoms with Crippen LogP contribution >= 0.6 is 0 Å². The second-order valence-corrected chi connectivity index (χ2v) is 3.22. The van der Waals surface area contributed by atoms with Crippen LogP contribution in [0.4, 0.5) is 13.2 Å². The van der Waals surface area contributed by atoms with Crippen molar-refractivity contribution in [3.63, 3.8) is 0 Å². The Morgan fingerprint density at radius 2 is 1.79 bits per heavy atom. The molecule has 0 radical (unpaired) electrons. The highest BCUT2D eigenvalue weighted by Crippen LogP contribution is 2.19. The van der Waals surface area contributed by atoms with Gasteiger partial charge in [-0.05, 0) is 12.8 Å². The van der Waals surface area contributed by atoms with Crippen LogP contribution in [-0.4, -0.2) is 25.2 Å². The number of halogens is 3. The van der Waals surface area contributed by atoms with Crippen LogP contribution in [0.15, 0.2) is 4.99 Å². The molecule has 0 saturated heterocycles. The molecule has 0 spiro atoms. The van der Waals surface area contributed by atoms with Crippen LogP contribution in [0, 0.1) is 5.92 Å². The van der Waals surface area contributed by atoms with Gasteiger partial charge < -0.3 is 4.84 Å². The lowest BCUT2D eigenvalue weighted by Crippen LogP contribution is -2.32. The van der Waals surface area contributed by atoms with Crippen molar-refractivity contribution in [3.05, 3.63) is 0 Å². The van der Waals surface area contributed by atoms with E-state index in [1.165, 1.54) is 7.05 Å². The van der Waals surface area contributed by atoms with Crippen LogP contribution in [0.5, 0.6) is 0 Å². The van der Waals surface area contributed by atoms with Crippen molar-refractivity contribution in [3.8, 4) is 0 Å². The van der Waals surface area contributed by atoms with Gasteiger partial charge in [0.15, 0.2) is 0 Å². The molecule has 0 aromatic heterocycles. The number of hydrogen-bond donors (Lipinski definition) is 1. The number of hydrogen-bond acceptors (Lipinski definition) is 3. The molecule has 0 aliphatic rings. The minimum atomic E-state index is -4.55. The molecule has 1 N–H and O–H groups in total. The van der Waals surface area contributed by atoms with E-state index < -0.39 is 18.1 Å². The lowest BCUT2D eigenvalue weighted by atomic mass is 10.1. The second-order valence-electron chi connectivity index (χ2n) is 3.22. The lowest BCUT2D eigenvalue weighted by Gasteiger charge is -2.15. The molecule has 6 heteroatoms. The summed E-state index contributed by atoms with van der Waals surface area (Å²) in [6.07, 6.45) is -4.55. The Bertz CT molecular complexity index is 201. The molecule has 0 aromatic carbocycles. The van der Waals surface area contributed by atoms with Gasteiger partial charge in [-0.2, -0.15) is 18.7 Å². The van der Waals surface area contributed by atoms with E-state index in [9.17, 15) is 13.2 Å². The Labute approximate surface area is 81.3 Å². The monoisotopic (exact) mass is 212 g/mol. The van der Waals surface area contributed by atoms with Crippen molar-refractivity contribution in [2.75, 3.05) is 7.05 Å². The topological polar surface area (TPSA) is 33.6 Å². The highest BCUT2D eigenvalue weighted by Gasteiger charge is 2.39. The Balaban J connectivity index is 4.64. The minimum Gasteiger partial charge on any atom is -0.384 e. The summed E-state index contributed by atoms with van der Waals surface area (Å²) in [5.74, 6) is -1.20. The number of hydroxylamine groups is 1. The molecule has 0 saturated carbocycles. The summed E-state index contributed by atoms with van der Waals surface area (Å²) in [7, 11) is 1.25. The van der Waals surface area contributed by atoms with E-state index >= 15 is 0 Å². The molecular formula is C8H15F3N2O. The van der Waals surface area contributed by atoms with Crippen LogP contribution in [0.1, 0.15) is 20.8 Å². The summed E-state index contributed by atoms with van der Waals surface area (Å²) in [5, 5.41) is 0. The molecule has 0 unspecified atom stereocenters. The van der Waals surface area contributed by atoms with E-state index in [2.05, 4.69) is 9.83 Å². The van der Waals surface area contributed by atoms with Crippen molar-refractivity contribution in [1.82, 2.24) is 5.48 Å². The van der Waals surface area contributed by atoms with Crippen LogP contribution in [0.2, 0.25) is 0 Å². The smallest absolute Gasteiger partial charge is 0.384 e. The first-order valence-corrected chi connectivity index (χ1v) is 4.27. The molecule has 84 valence electrons. The van der Waals surface area contributed by atoms with Gasteiger partial charge in [-0.15, -0.1) is 0 Å². The van der Waals surface area contributed by atoms with Gasteiger partial charge in [-0.1, -0.05) is 13.8 Å². The molecule has 3 nitrogen and oxygen atoms in total. The molecule has 0 rings (SSSR count). The van der Waals surface area contributed by atoms with Gasteiger partial charge in [-0.3, -0.25) is 0 Å².